The maximum Gasteiger partial charge on any atom is 0.0604 e. The van der Waals surface area contributed by atoms with Gasteiger partial charge in [-0.3, -0.25) is 0 Å². The lowest BCUT2D eigenvalue weighted by Gasteiger charge is -2.09. The fraction of sp³-hybridized carbons (Fsp3) is 0. The van der Waals surface area contributed by atoms with E-state index in [4.69, 9.17) is 0 Å². The summed E-state index contributed by atoms with van der Waals surface area (Å²) in [5.41, 5.74) is 3.59. The SMILES string of the molecule is Brc1ccc2c(c1)c1ccccc1n2-c1ccccc1Br. The molecule has 0 radical (unpaired) electrons. The maximum atomic E-state index is 3.67. The molecule has 1 heterocycles. The van der Waals surface area contributed by atoms with Gasteiger partial charge in [-0.25, -0.2) is 0 Å². The zero-order valence-electron chi connectivity index (χ0n) is 11.1. The summed E-state index contributed by atoms with van der Waals surface area (Å²) >= 11 is 7.25. The quantitative estimate of drug-likeness (QED) is 0.353. The Balaban J connectivity index is 2.23. The molecule has 3 aromatic carbocycles. The van der Waals surface area contributed by atoms with E-state index in [9.17, 15) is 0 Å². The summed E-state index contributed by atoms with van der Waals surface area (Å²) in [4.78, 5) is 0. The number of hydrogen-bond acceptors (Lipinski definition) is 0. The van der Waals surface area contributed by atoms with Crippen LogP contribution in [0.4, 0.5) is 0 Å². The zero-order chi connectivity index (χ0) is 14.4. The van der Waals surface area contributed by atoms with E-state index in [1.807, 2.05) is 6.07 Å². The van der Waals surface area contributed by atoms with Crippen molar-refractivity contribution in [1.82, 2.24) is 4.57 Å². The Kier molecular flexibility index (Phi) is 3.12. The molecule has 1 nitrogen and oxygen atoms in total. The van der Waals surface area contributed by atoms with Crippen LogP contribution >= 0.6 is 31.9 Å². The summed E-state index contributed by atoms with van der Waals surface area (Å²) in [5.74, 6) is 0. The molecule has 0 aliphatic heterocycles. The number of rotatable bonds is 1. The van der Waals surface area contributed by atoms with Crippen molar-refractivity contribution in [2.75, 3.05) is 0 Å². The Morgan fingerprint density at radius 1 is 0.667 bits per heavy atom. The van der Waals surface area contributed by atoms with Crippen molar-refractivity contribution in [3.8, 4) is 5.69 Å². The van der Waals surface area contributed by atoms with Crippen molar-refractivity contribution in [2.45, 2.75) is 0 Å². The lowest BCUT2D eigenvalue weighted by Crippen LogP contribution is -1.94. The summed E-state index contributed by atoms with van der Waals surface area (Å²) in [6, 6.07) is 23.3. The fourth-order valence-corrected chi connectivity index (χ4v) is 3.66. The highest BCUT2D eigenvalue weighted by Crippen LogP contribution is 2.35. The van der Waals surface area contributed by atoms with Gasteiger partial charge in [-0.15, -0.1) is 0 Å². The van der Waals surface area contributed by atoms with E-state index in [1.165, 1.54) is 21.8 Å². The van der Waals surface area contributed by atoms with Gasteiger partial charge in [-0.2, -0.15) is 0 Å². The largest absolute Gasteiger partial charge is 0.308 e. The van der Waals surface area contributed by atoms with Gasteiger partial charge in [0.15, 0.2) is 0 Å². The summed E-state index contributed by atoms with van der Waals surface area (Å²) in [7, 11) is 0. The maximum absolute atomic E-state index is 3.67. The highest BCUT2D eigenvalue weighted by Gasteiger charge is 2.13. The highest BCUT2D eigenvalue weighted by atomic mass is 79.9. The number of benzene rings is 3. The van der Waals surface area contributed by atoms with Crippen molar-refractivity contribution < 1.29 is 0 Å². The van der Waals surface area contributed by atoms with Crippen molar-refractivity contribution in [3.63, 3.8) is 0 Å². The van der Waals surface area contributed by atoms with Crippen LogP contribution < -0.4 is 0 Å². The van der Waals surface area contributed by atoms with Crippen molar-refractivity contribution in [1.29, 1.82) is 0 Å². The standard InChI is InChI=1S/C18H11Br2N/c19-12-9-10-17-14(11-12)13-5-1-3-7-16(13)21(17)18-8-4-2-6-15(18)20/h1-11H. The lowest BCUT2D eigenvalue weighted by molar-refractivity contribution is 1.17. The van der Waals surface area contributed by atoms with Crippen molar-refractivity contribution >= 4 is 53.7 Å². The number of para-hydroxylation sites is 2. The van der Waals surface area contributed by atoms with Crippen LogP contribution in [-0.2, 0) is 0 Å². The number of fused-ring (bicyclic) bond motifs is 3. The smallest absolute Gasteiger partial charge is 0.0604 e. The second-order valence-corrected chi connectivity index (χ2v) is 6.74. The van der Waals surface area contributed by atoms with Crippen LogP contribution in [0.1, 0.15) is 0 Å². The van der Waals surface area contributed by atoms with Crippen LogP contribution in [0.3, 0.4) is 0 Å². The molecule has 0 fully saturated rings. The van der Waals surface area contributed by atoms with Gasteiger partial charge in [-0.1, -0.05) is 46.3 Å². The molecule has 1 aromatic heterocycles. The molecule has 0 amide bonds. The number of halogens is 2. The van der Waals surface area contributed by atoms with Gasteiger partial charge in [-0.05, 0) is 52.3 Å². The van der Waals surface area contributed by atoms with Gasteiger partial charge < -0.3 is 4.57 Å². The number of nitrogens with zero attached hydrogens (tertiary/aromatic N) is 1. The van der Waals surface area contributed by atoms with Crippen LogP contribution in [0.5, 0.6) is 0 Å². The Morgan fingerprint density at radius 2 is 1.38 bits per heavy atom. The molecule has 0 N–H and O–H groups in total. The normalized spacial score (nSPS) is 11.3. The van der Waals surface area contributed by atoms with E-state index in [-0.39, 0.29) is 0 Å². The molecule has 102 valence electrons. The first-order valence-electron chi connectivity index (χ1n) is 6.69. The third-order valence-corrected chi connectivity index (χ3v) is 4.89. The predicted octanol–water partition coefficient (Wildman–Crippen LogP) is 6.31. The Hall–Kier alpha value is -1.58. The molecule has 0 unspecified atom stereocenters. The minimum Gasteiger partial charge on any atom is -0.308 e. The molecular formula is C18H11Br2N. The molecule has 4 aromatic rings. The summed E-state index contributed by atoms with van der Waals surface area (Å²) in [6.07, 6.45) is 0. The lowest BCUT2D eigenvalue weighted by atomic mass is 10.2. The monoisotopic (exact) mass is 399 g/mol. The van der Waals surface area contributed by atoms with E-state index in [1.54, 1.807) is 0 Å². The summed E-state index contributed by atoms with van der Waals surface area (Å²) < 4.78 is 4.50. The van der Waals surface area contributed by atoms with E-state index >= 15 is 0 Å². The van der Waals surface area contributed by atoms with Crippen LogP contribution in [0, 0.1) is 0 Å². The first-order chi connectivity index (χ1) is 10.3. The number of aromatic nitrogens is 1. The molecule has 0 aliphatic carbocycles. The minimum absolute atomic E-state index is 1.09. The van der Waals surface area contributed by atoms with Gasteiger partial charge in [0.2, 0.25) is 0 Å². The molecule has 3 heteroatoms. The molecule has 0 saturated heterocycles. The van der Waals surface area contributed by atoms with Gasteiger partial charge in [0.05, 0.1) is 16.7 Å². The first kappa shape index (κ1) is 13.1. The molecule has 21 heavy (non-hydrogen) atoms. The van der Waals surface area contributed by atoms with E-state index in [0.717, 1.165) is 14.6 Å². The van der Waals surface area contributed by atoms with Crippen LogP contribution in [-0.4, -0.2) is 4.57 Å². The average molecular weight is 401 g/mol. The van der Waals surface area contributed by atoms with E-state index < -0.39 is 0 Å². The number of hydrogen-bond donors (Lipinski definition) is 0. The van der Waals surface area contributed by atoms with Crippen molar-refractivity contribution in [2.24, 2.45) is 0 Å². The topological polar surface area (TPSA) is 4.93 Å². The van der Waals surface area contributed by atoms with Gasteiger partial charge in [0.25, 0.3) is 0 Å². The van der Waals surface area contributed by atoms with Crippen LogP contribution in [0.15, 0.2) is 75.7 Å². The highest BCUT2D eigenvalue weighted by molar-refractivity contribution is 9.10. The fourth-order valence-electron chi connectivity index (χ4n) is 2.84. The molecular weight excluding hydrogens is 390 g/mol. The Bertz CT molecular complexity index is 969. The zero-order valence-corrected chi connectivity index (χ0v) is 14.2. The van der Waals surface area contributed by atoms with Gasteiger partial charge in [0.1, 0.15) is 0 Å². The average Bonchev–Trinajstić information content (AvgIpc) is 2.82. The Morgan fingerprint density at radius 3 is 2.24 bits per heavy atom. The first-order valence-corrected chi connectivity index (χ1v) is 8.28. The molecule has 0 bridgehead atoms. The van der Waals surface area contributed by atoms with E-state index in [0.29, 0.717) is 0 Å². The van der Waals surface area contributed by atoms with Crippen molar-refractivity contribution in [3.05, 3.63) is 75.7 Å². The summed E-state index contributed by atoms with van der Waals surface area (Å²) in [6.45, 7) is 0. The molecule has 0 aliphatic rings. The van der Waals surface area contributed by atoms with Crippen LogP contribution in [0.25, 0.3) is 27.5 Å². The minimum atomic E-state index is 1.09. The molecule has 0 spiro atoms. The molecule has 4 rings (SSSR count). The summed E-state index contributed by atoms with van der Waals surface area (Å²) in [5, 5.41) is 2.53. The Labute approximate surface area is 139 Å². The third-order valence-electron chi connectivity index (χ3n) is 3.73. The van der Waals surface area contributed by atoms with Gasteiger partial charge in [0, 0.05) is 19.7 Å². The molecule has 0 saturated carbocycles. The third kappa shape index (κ3) is 2.03. The second kappa shape index (κ2) is 5.00. The predicted molar refractivity (Wildman–Crippen MR) is 96.2 cm³/mol. The van der Waals surface area contributed by atoms with E-state index in [2.05, 4.69) is 97.1 Å². The second-order valence-electron chi connectivity index (χ2n) is 4.97. The van der Waals surface area contributed by atoms with Gasteiger partial charge >= 0.3 is 0 Å². The van der Waals surface area contributed by atoms with Crippen LogP contribution in [0.2, 0.25) is 0 Å². The molecule has 0 atom stereocenters.